The minimum Gasteiger partial charge on any atom is -0.399 e. The smallest absolute Gasteiger partial charge is 0.0797 e. The van der Waals surface area contributed by atoms with E-state index in [4.69, 9.17) is 10.5 Å². The first-order chi connectivity index (χ1) is 8.24. The van der Waals surface area contributed by atoms with Crippen LogP contribution in [0.15, 0.2) is 24.3 Å². The maximum Gasteiger partial charge on any atom is 0.0797 e. The van der Waals surface area contributed by atoms with Crippen LogP contribution in [0.2, 0.25) is 0 Å². The van der Waals surface area contributed by atoms with Crippen molar-refractivity contribution in [2.24, 2.45) is 0 Å². The summed E-state index contributed by atoms with van der Waals surface area (Å²) >= 11 is 0. The Kier molecular flexibility index (Phi) is 6.71. The van der Waals surface area contributed by atoms with Gasteiger partial charge in [0.15, 0.2) is 0 Å². The molecule has 1 rings (SSSR count). The Labute approximate surface area is 105 Å². The molecule has 0 bridgehead atoms. The molecule has 2 nitrogen and oxygen atoms in total. The van der Waals surface area contributed by atoms with E-state index in [-0.39, 0.29) is 6.10 Å². The quantitative estimate of drug-likeness (QED) is 0.538. The van der Waals surface area contributed by atoms with E-state index in [1.165, 1.54) is 31.2 Å². The Balaban J connectivity index is 2.19. The number of nitrogens with two attached hydrogens (primary N) is 1. The number of rotatable bonds is 8. The van der Waals surface area contributed by atoms with Crippen LogP contribution >= 0.6 is 0 Å². The Morgan fingerprint density at radius 1 is 1.18 bits per heavy atom. The number of hydrogen-bond donors (Lipinski definition) is 1. The van der Waals surface area contributed by atoms with Crippen LogP contribution in [0, 0.1) is 0 Å². The molecule has 0 saturated carbocycles. The molecule has 17 heavy (non-hydrogen) atoms. The van der Waals surface area contributed by atoms with Crippen LogP contribution in [0.3, 0.4) is 0 Å². The van der Waals surface area contributed by atoms with E-state index in [0.29, 0.717) is 0 Å². The second-order valence-corrected chi connectivity index (χ2v) is 4.60. The molecule has 0 fully saturated rings. The Hall–Kier alpha value is -1.02. The lowest BCUT2D eigenvalue weighted by atomic mass is 10.1. The molecular weight excluding hydrogens is 210 g/mol. The summed E-state index contributed by atoms with van der Waals surface area (Å²) in [7, 11) is 0. The second-order valence-electron chi connectivity index (χ2n) is 4.60. The molecule has 1 atom stereocenters. The third kappa shape index (κ3) is 5.73. The van der Waals surface area contributed by atoms with Crippen LogP contribution in [0.25, 0.3) is 0 Å². The molecule has 0 aliphatic heterocycles. The standard InChI is InChI=1S/C15H25NO/c1-3-4-5-6-7-11-17-13(2)14-9-8-10-15(16)12-14/h8-10,12-13H,3-7,11,16H2,1-2H3. The number of nitrogen functional groups attached to an aromatic ring is 1. The van der Waals surface area contributed by atoms with Crippen molar-refractivity contribution in [1.29, 1.82) is 0 Å². The normalized spacial score (nSPS) is 12.6. The summed E-state index contributed by atoms with van der Waals surface area (Å²) in [6.07, 6.45) is 6.53. The van der Waals surface area contributed by atoms with E-state index in [2.05, 4.69) is 19.9 Å². The number of ether oxygens (including phenoxy) is 1. The highest BCUT2D eigenvalue weighted by atomic mass is 16.5. The number of unbranched alkanes of at least 4 members (excludes halogenated alkanes) is 4. The lowest BCUT2D eigenvalue weighted by molar-refractivity contribution is 0.0628. The Morgan fingerprint density at radius 3 is 2.65 bits per heavy atom. The zero-order valence-corrected chi connectivity index (χ0v) is 11.1. The maximum atomic E-state index is 5.81. The second kappa shape index (κ2) is 8.13. The monoisotopic (exact) mass is 235 g/mol. The first-order valence-electron chi connectivity index (χ1n) is 6.71. The van der Waals surface area contributed by atoms with Gasteiger partial charge >= 0.3 is 0 Å². The summed E-state index contributed by atoms with van der Waals surface area (Å²) in [5, 5.41) is 0. The van der Waals surface area contributed by atoms with Crippen molar-refractivity contribution in [3.8, 4) is 0 Å². The van der Waals surface area contributed by atoms with E-state index in [1.807, 2.05) is 18.2 Å². The third-order valence-electron chi connectivity index (χ3n) is 3.00. The van der Waals surface area contributed by atoms with E-state index in [1.54, 1.807) is 0 Å². The van der Waals surface area contributed by atoms with Crippen LogP contribution in [0.4, 0.5) is 5.69 Å². The summed E-state index contributed by atoms with van der Waals surface area (Å²) in [6.45, 7) is 5.17. The van der Waals surface area contributed by atoms with Crippen LogP contribution in [0.1, 0.15) is 57.6 Å². The molecule has 1 unspecified atom stereocenters. The lowest BCUT2D eigenvalue weighted by Gasteiger charge is -2.13. The average molecular weight is 235 g/mol. The van der Waals surface area contributed by atoms with Gasteiger partial charge in [0, 0.05) is 12.3 Å². The largest absolute Gasteiger partial charge is 0.399 e. The van der Waals surface area contributed by atoms with Crippen molar-refractivity contribution in [2.45, 2.75) is 52.1 Å². The van der Waals surface area contributed by atoms with Crippen LogP contribution < -0.4 is 5.73 Å². The van der Waals surface area contributed by atoms with Crippen molar-refractivity contribution in [3.05, 3.63) is 29.8 Å². The first kappa shape index (κ1) is 14.0. The van der Waals surface area contributed by atoms with Gasteiger partial charge in [-0.3, -0.25) is 0 Å². The van der Waals surface area contributed by atoms with Gasteiger partial charge in [-0.15, -0.1) is 0 Å². The molecule has 0 heterocycles. The van der Waals surface area contributed by atoms with Crippen molar-refractivity contribution in [3.63, 3.8) is 0 Å². The Bertz CT molecular complexity index is 312. The van der Waals surface area contributed by atoms with E-state index in [0.717, 1.165) is 18.7 Å². The maximum absolute atomic E-state index is 5.81. The van der Waals surface area contributed by atoms with E-state index < -0.39 is 0 Å². The topological polar surface area (TPSA) is 35.2 Å². The van der Waals surface area contributed by atoms with Gasteiger partial charge in [-0.2, -0.15) is 0 Å². The number of hydrogen-bond acceptors (Lipinski definition) is 2. The molecule has 0 spiro atoms. The van der Waals surface area contributed by atoms with Gasteiger partial charge in [-0.25, -0.2) is 0 Å². The van der Waals surface area contributed by atoms with E-state index in [9.17, 15) is 0 Å². The third-order valence-corrected chi connectivity index (χ3v) is 3.00. The molecule has 0 saturated heterocycles. The van der Waals surface area contributed by atoms with Gasteiger partial charge in [0.2, 0.25) is 0 Å². The van der Waals surface area contributed by atoms with Crippen LogP contribution in [-0.2, 0) is 4.74 Å². The molecule has 0 aliphatic carbocycles. The molecule has 0 amide bonds. The van der Waals surface area contributed by atoms with Crippen LogP contribution in [0.5, 0.6) is 0 Å². The van der Waals surface area contributed by atoms with Crippen molar-refractivity contribution >= 4 is 5.69 Å². The minimum absolute atomic E-state index is 0.143. The predicted octanol–water partition coefficient (Wildman–Crippen LogP) is 4.32. The lowest BCUT2D eigenvalue weighted by Crippen LogP contribution is -2.02. The summed E-state index contributed by atoms with van der Waals surface area (Å²) in [5.74, 6) is 0. The summed E-state index contributed by atoms with van der Waals surface area (Å²) in [4.78, 5) is 0. The molecule has 1 aromatic carbocycles. The fraction of sp³-hybridized carbons (Fsp3) is 0.600. The molecule has 0 radical (unpaired) electrons. The summed E-state index contributed by atoms with van der Waals surface area (Å²) in [5.41, 5.74) is 7.72. The number of benzene rings is 1. The highest BCUT2D eigenvalue weighted by molar-refractivity contribution is 5.41. The van der Waals surface area contributed by atoms with Crippen molar-refractivity contribution in [1.82, 2.24) is 0 Å². The Morgan fingerprint density at radius 2 is 1.94 bits per heavy atom. The summed E-state index contributed by atoms with van der Waals surface area (Å²) < 4.78 is 5.81. The van der Waals surface area contributed by atoms with Crippen LogP contribution in [-0.4, -0.2) is 6.61 Å². The van der Waals surface area contributed by atoms with E-state index >= 15 is 0 Å². The van der Waals surface area contributed by atoms with Crippen molar-refractivity contribution in [2.75, 3.05) is 12.3 Å². The van der Waals surface area contributed by atoms with Gasteiger partial charge in [0.25, 0.3) is 0 Å². The zero-order valence-electron chi connectivity index (χ0n) is 11.1. The highest BCUT2D eigenvalue weighted by Gasteiger charge is 2.05. The zero-order chi connectivity index (χ0) is 12.5. The van der Waals surface area contributed by atoms with Gasteiger partial charge in [-0.05, 0) is 31.0 Å². The van der Waals surface area contributed by atoms with Crippen molar-refractivity contribution < 1.29 is 4.74 Å². The molecule has 0 aromatic heterocycles. The minimum atomic E-state index is 0.143. The fourth-order valence-electron chi connectivity index (χ4n) is 1.87. The fourth-order valence-corrected chi connectivity index (χ4v) is 1.87. The first-order valence-corrected chi connectivity index (χ1v) is 6.71. The van der Waals surface area contributed by atoms with Gasteiger partial charge < -0.3 is 10.5 Å². The van der Waals surface area contributed by atoms with Gasteiger partial charge in [0.1, 0.15) is 0 Å². The molecule has 1 aromatic rings. The predicted molar refractivity (Wildman–Crippen MR) is 74.0 cm³/mol. The number of anilines is 1. The van der Waals surface area contributed by atoms with Gasteiger partial charge in [0.05, 0.1) is 6.10 Å². The molecule has 96 valence electrons. The molecule has 2 N–H and O–H groups in total. The molecule has 0 aliphatic rings. The summed E-state index contributed by atoms with van der Waals surface area (Å²) in [6, 6.07) is 7.94. The molecular formula is C15H25NO. The average Bonchev–Trinajstić information content (AvgIpc) is 2.33. The SMILES string of the molecule is CCCCCCCOC(C)c1cccc(N)c1. The molecule has 2 heteroatoms. The highest BCUT2D eigenvalue weighted by Crippen LogP contribution is 2.19. The van der Waals surface area contributed by atoms with Gasteiger partial charge in [-0.1, -0.05) is 44.7 Å².